The van der Waals surface area contributed by atoms with E-state index in [0.29, 0.717) is 0 Å². The van der Waals surface area contributed by atoms with Crippen molar-refractivity contribution in [2.75, 3.05) is 0 Å². The summed E-state index contributed by atoms with van der Waals surface area (Å²) in [6.07, 6.45) is 11.3. The molecule has 0 saturated heterocycles. The van der Waals surface area contributed by atoms with Crippen molar-refractivity contribution >= 4 is 17.2 Å². The number of halogens is 2. The van der Waals surface area contributed by atoms with Gasteiger partial charge in [0, 0.05) is 25.8 Å². The van der Waals surface area contributed by atoms with Crippen molar-refractivity contribution < 1.29 is 50.7 Å². The Morgan fingerprint density at radius 2 is 1.55 bits per heavy atom. The molecule has 0 nitrogen and oxygen atoms in total. The van der Waals surface area contributed by atoms with Crippen LogP contribution in [0.2, 0.25) is 0 Å². The number of allylic oxidation sites excluding steroid dienone is 4. The predicted molar refractivity (Wildman–Crippen MR) is 109 cm³/mol. The molecule has 0 bridgehead atoms. The molecule has 144 valence electrons. The molecule has 0 saturated carbocycles. The molecule has 0 heterocycles. The van der Waals surface area contributed by atoms with Crippen LogP contribution in [0.25, 0.3) is 17.2 Å². The fourth-order valence-electron chi connectivity index (χ4n) is 4.04. The molecule has 0 spiro atoms. The van der Waals surface area contributed by atoms with E-state index in [1.165, 1.54) is 48.7 Å². The van der Waals surface area contributed by atoms with Gasteiger partial charge in [-0.15, -0.1) is 33.4 Å². The Morgan fingerprint density at radius 1 is 0.828 bits per heavy atom. The molecule has 3 heteroatoms. The second-order valence-corrected chi connectivity index (χ2v) is 6.90. The van der Waals surface area contributed by atoms with Crippen molar-refractivity contribution in [3.8, 4) is 0 Å². The van der Waals surface area contributed by atoms with E-state index in [2.05, 4.69) is 98.0 Å². The first kappa shape index (κ1) is 23.6. The first-order chi connectivity index (χ1) is 12.8. The third-order valence-electron chi connectivity index (χ3n) is 5.39. The average molecular weight is 581 g/mol. The minimum Gasteiger partial charge on any atom is -1.00 e. The van der Waals surface area contributed by atoms with Crippen molar-refractivity contribution in [1.82, 2.24) is 0 Å². The molecule has 0 radical (unpaired) electrons. The topological polar surface area (TPSA) is 0 Å². The molecule has 0 fully saturated rings. The Bertz CT molecular complexity index is 1300. The van der Waals surface area contributed by atoms with Gasteiger partial charge in [0.25, 0.3) is 0 Å². The SMILES string of the molecule is CC(c1ccccc1)=c1ccc2c(c1C1=CC=CC1)[C-]=c1ccccc1=2.[Cl-].[Cl-].[Hf]. The predicted octanol–water partition coefficient (Wildman–Crippen LogP) is -1.44. The van der Waals surface area contributed by atoms with Crippen LogP contribution in [0, 0.1) is 10.4 Å². The van der Waals surface area contributed by atoms with E-state index in [4.69, 9.17) is 0 Å². The second kappa shape index (κ2) is 9.89. The Morgan fingerprint density at radius 3 is 2.28 bits per heavy atom. The zero-order valence-corrected chi connectivity index (χ0v) is 21.2. The van der Waals surface area contributed by atoms with E-state index in [1.807, 2.05) is 0 Å². The third kappa shape index (κ3) is 4.14. The zero-order chi connectivity index (χ0) is 17.5. The molecule has 0 unspecified atom stereocenters. The fraction of sp³-hybridized carbons (Fsp3) is 0.0769. The summed E-state index contributed by atoms with van der Waals surface area (Å²) in [5.74, 6) is 0. The van der Waals surface area contributed by atoms with Gasteiger partial charge in [-0.05, 0) is 29.7 Å². The van der Waals surface area contributed by atoms with Gasteiger partial charge in [0.2, 0.25) is 0 Å². The maximum absolute atomic E-state index is 3.69. The van der Waals surface area contributed by atoms with E-state index < -0.39 is 0 Å². The Hall–Kier alpha value is -1.67. The van der Waals surface area contributed by atoms with Crippen molar-refractivity contribution in [2.45, 2.75) is 13.3 Å². The summed E-state index contributed by atoms with van der Waals surface area (Å²) in [4.78, 5) is 0. The minimum atomic E-state index is 0. The largest absolute Gasteiger partial charge is 1.00 e. The molecule has 3 aromatic carbocycles. The summed E-state index contributed by atoms with van der Waals surface area (Å²) in [5.41, 5.74) is 6.55. The number of hydrogen-bond acceptors (Lipinski definition) is 0. The Balaban J connectivity index is 0.000001000. The van der Waals surface area contributed by atoms with Crippen molar-refractivity contribution in [2.24, 2.45) is 0 Å². The van der Waals surface area contributed by atoms with Crippen molar-refractivity contribution in [3.63, 3.8) is 0 Å². The van der Waals surface area contributed by atoms with Gasteiger partial charge in [0.1, 0.15) is 0 Å². The number of benzene rings is 3. The summed E-state index contributed by atoms with van der Waals surface area (Å²) < 4.78 is 0. The molecule has 2 aliphatic carbocycles. The van der Waals surface area contributed by atoms with Crippen LogP contribution in [-0.2, 0) is 25.8 Å². The standard InChI is InChI=1S/C26H19.2ClH.Hf/c1-18(19-9-3-2-4-10-19)22-15-16-24-23-14-8-7-13-21(23)17-25(24)26(22)20-11-5-6-12-20;;;/h2-11,13-16H,12H2,1H3;2*1H;/q-1;;;/p-2. The van der Waals surface area contributed by atoms with Gasteiger partial charge in [-0.2, -0.15) is 0 Å². The van der Waals surface area contributed by atoms with E-state index in [1.54, 1.807) is 0 Å². The van der Waals surface area contributed by atoms with Crippen LogP contribution in [0.3, 0.4) is 0 Å². The van der Waals surface area contributed by atoms with E-state index in [9.17, 15) is 0 Å². The van der Waals surface area contributed by atoms with Gasteiger partial charge >= 0.3 is 0 Å². The molecule has 2 aliphatic rings. The smallest absolute Gasteiger partial charge is 0 e. The molecule has 0 aromatic heterocycles. The maximum Gasteiger partial charge on any atom is 0 e. The Labute approximate surface area is 202 Å². The van der Waals surface area contributed by atoms with Gasteiger partial charge in [0.15, 0.2) is 0 Å². The molecule has 0 atom stereocenters. The Kier molecular flexibility index (Phi) is 8.05. The van der Waals surface area contributed by atoms with Gasteiger partial charge < -0.3 is 24.8 Å². The van der Waals surface area contributed by atoms with Crippen LogP contribution in [0.15, 0.2) is 85.0 Å². The van der Waals surface area contributed by atoms with Crippen LogP contribution in [0.4, 0.5) is 0 Å². The first-order valence-corrected chi connectivity index (χ1v) is 9.12. The van der Waals surface area contributed by atoms with Gasteiger partial charge in [-0.25, -0.2) is 0 Å². The number of hydrogen-bond donors (Lipinski definition) is 0. The van der Waals surface area contributed by atoms with E-state index in [-0.39, 0.29) is 50.7 Å². The van der Waals surface area contributed by atoms with Crippen LogP contribution in [0.5, 0.6) is 0 Å². The molecule has 3 aromatic rings. The van der Waals surface area contributed by atoms with E-state index in [0.717, 1.165) is 6.42 Å². The summed E-state index contributed by atoms with van der Waals surface area (Å²) in [6, 6.07) is 23.8. The molecule has 29 heavy (non-hydrogen) atoms. The fourth-order valence-corrected chi connectivity index (χ4v) is 4.04. The van der Waals surface area contributed by atoms with Crippen molar-refractivity contribution in [1.29, 1.82) is 0 Å². The summed E-state index contributed by atoms with van der Waals surface area (Å²) in [5, 5.41) is 5.10. The van der Waals surface area contributed by atoms with Gasteiger partial charge in [0.05, 0.1) is 0 Å². The number of rotatable bonds is 2. The summed E-state index contributed by atoms with van der Waals surface area (Å²) in [7, 11) is 0. The third-order valence-corrected chi connectivity index (χ3v) is 5.39. The van der Waals surface area contributed by atoms with Gasteiger partial charge in [-0.1, -0.05) is 90.0 Å². The number of fused-ring (bicyclic) bond motifs is 2. The summed E-state index contributed by atoms with van der Waals surface area (Å²) >= 11 is 0. The van der Waals surface area contributed by atoms with Crippen LogP contribution in [-0.4, -0.2) is 0 Å². The van der Waals surface area contributed by atoms with Gasteiger partial charge in [-0.3, -0.25) is 0 Å². The molecule has 5 rings (SSSR count). The monoisotopic (exact) mass is 581 g/mol. The molecule has 0 amide bonds. The molecule has 0 N–H and O–H groups in total. The quantitative estimate of drug-likeness (QED) is 0.201. The molecular formula is C26H19Cl2Hf-3. The summed E-state index contributed by atoms with van der Waals surface area (Å²) in [6.45, 7) is 2.23. The minimum absolute atomic E-state index is 0. The maximum atomic E-state index is 3.69. The van der Waals surface area contributed by atoms with E-state index >= 15 is 0 Å². The zero-order valence-electron chi connectivity index (χ0n) is 16.0. The van der Waals surface area contributed by atoms with Crippen LogP contribution < -0.4 is 35.3 Å². The molecule has 0 aliphatic heterocycles. The van der Waals surface area contributed by atoms with Crippen LogP contribution in [0.1, 0.15) is 30.0 Å². The molecular weight excluding hydrogens is 562 g/mol. The van der Waals surface area contributed by atoms with Crippen LogP contribution >= 0.6 is 0 Å². The second-order valence-electron chi connectivity index (χ2n) is 6.90. The normalized spacial score (nSPS) is 13.6. The first-order valence-electron chi connectivity index (χ1n) is 9.12. The van der Waals surface area contributed by atoms with Crippen molar-refractivity contribution in [3.05, 3.63) is 123 Å². The average Bonchev–Trinajstić information content (AvgIpc) is 3.35.